The molecule has 1 fully saturated rings. The maximum absolute atomic E-state index is 11.5. The normalized spacial score (nSPS) is 22.0. The van der Waals surface area contributed by atoms with Crippen molar-refractivity contribution in [1.29, 1.82) is 0 Å². The zero-order valence-corrected chi connectivity index (χ0v) is 9.52. The van der Waals surface area contributed by atoms with Crippen molar-refractivity contribution < 1.29 is 14.3 Å². The van der Waals surface area contributed by atoms with Crippen molar-refractivity contribution in [3.05, 3.63) is 24.3 Å². The highest BCUT2D eigenvalue weighted by Gasteiger charge is 2.30. The van der Waals surface area contributed by atoms with Gasteiger partial charge in [-0.05, 0) is 25.0 Å². The predicted octanol–water partition coefficient (Wildman–Crippen LogP) is 1.35. The standard InChI is InChI=1S/C13H15NO3/c15-13(9-5-6-9)14-7-10-8-16-11-3-1-2-4-12(11)17-10/h1-4,9-10H,5-8H2,(H,14,15)/t10-/m1/s1. The molecule has 1 N–H and O–H groups in total. The molecule has 0 saturated heterocycles. The van der Waals surface area contributed by atoms with Gasteiger partial charge in [0.05, 0.1) is 6.54 Å². The molecule has 0 radical (unpaired) electrons. The van der Waals surface area contributed by atoms with Crippen molar-refractivity contribution in [1.82, 2.24) is 5.32 Å². The van der Waals surface area contributed by atoms with E-state index in [-0.39, 0.29) is 17.9 Å². The molecule has 0 unspecified atom stereocenters. The molecular formula is C13H15NO3. The number of ether oxygens (including phenoxy) is 2. The molecule has 1 aromatic rings. The second-order valence-electron chi connectivity index (χ2n) is 4.52. The predicted molar refractivity (Wildman–Crippen MR) is 62.1 cm³/mol. The van der Waals surface area contributed by atoms with E-state index in [0.29, 0.717) is 13.2 Å². The lowest BCUT2D eigenvalue weighted by Gasteiger charge is -2.26. The summed E-state index contributed by atoms with van der Waals surface area (Å²) in [6.07, 6.45) is 1.96. The zero-order valence-electron chi connectivity index (χ0n) is 9.52. The number of nitrogens with one attached hydrogen (secondary N) is 1. The number of hydrogen-bond acceptors (Lipinski definition) is 3. The molecular weight excluding hydrogens is 218 g/mol. The van der Waals surface area contributed by atoms with Crippen LogP contribution < -0.4 is 14.8 Å². The van der Waals surface area contributed by atoms with Gasteiger partial charge in [0.25, 0.3) is 0 Å². The van der Waals surface area contributed by atoms with E-state index >= 15 is 0 Å². The fraction of sp³-hybridized carbons (Fsp3) is 0.462. The average molecular weight is 233 g/mol. The fourth-order valence-corrected chi connectivity index (χ4v) is 1.87. The Bertz CT molecular complexity index is 428. The third kappa shape index (κ3) is 2.35. The number of rotatable bonds is 3. The van der Waals surface area contributed by atoms with Crippen molar-refractivity contribution in [2.24, 2.45) is 5.92 Å². The highest BCUT2D eigenvalue weighted by Crippen LogP contribution is 2.31. The smallest absolute Gasteiger partial charge is 0.223 e. The van der Waals surface area contributed by atoms with E-state index < -0.39 is 0 Å². The Hall–Kier alpha value is -1.71. The van der Waals surface area contributed by atoms with E-state index in [2.05, 4.69) is 5.32 Å². The van der Waals surface area contributed by atoms with Crippen LogP contribution in [0.4, 0.5) is 0 Å². The maximum Gasteiger partial charge on any atom is 0.223 e. The van der Waals surface area contributed by atoms with E-state index in [1.807, 2.05) is 24.3 Å². The Labute approximate surface area is 99.9 Å². The van der Waals surface area contributed by atoms with Gasteiger partial charge in [0.1, 0.15) is 12.7 Å². The van der Waals surface area contributed by atoms with Crippen LogP contribution in [0, 0.1) is 5.92 Å². The van der Waals surface area contributed by atoms with Gasteiger partial charge in [-0.1, -0.05) is 12.1 Å². The van der Waals surface area contributed by atoms with Gasteiger partial charge in [-0.25, -0.2) is 0 Å². The summed E-state index contributed by atoms with van der Waals surface area (Å²) in [6, 6.07) is 7.59. The monoisotopic (exact) mass is 233 g/mol. The number of hydrogen-bond donors (Lipinski definition) is 1. The molecule has 3 rings (SSSR count). The van der Waals surface area contributed by atoms with E-state index in [0.717, 1.165) is 24.3 Å². The minimum absolute atomic E-state index is 0.0902. The summed E-state index contributed by atoms with van der Waals surface area (Å²) in [5.41, 5.74) is 0. The molecule has 1 aliphatic carbocycles. The van der Waals surface area contributed by atoms with Crippen LogP contribution in [-0.4, -0.2) is 25.2 Å². The Morgan fingerprint density at radius 2 is 2.06 bits per heavy atom. The summed E-state index contributed by atoms with van der Waals surface area (Å²) in [5.74, 6) is 1.92. The number of carbonyl (C=O) groups is 1. The van der Waals surface area contributed by atoms with Gasteiger partial charge in [-0.15, -0.1) is 0 Å². The van der Waals surface area contributed by atoms with Crippen LogP contribution in [0.5, 0.6) is 11.5 Å². The second-order valence-corrected chi connectivity index (χ2v) is 4.52. The van der Waals surface area contributed by atoms with Crippen LogP contribution in [0.2, 0.25) is 0 Å². The number of fused-ring (bicyclic) bond motifs is 1. The molecule has 1 atom stereocenters. The molecule has 4 heteroatoms. The first-order valence-electron chi connectivity index (χ1n) is 5.99. The van der Waals surface area contributed by atoms with Crippen molar-refractivity contribution in [2.75, 3.05) is 13.2 Å². The number of carbonyl (C=O) groups excluding carboxylic acids is 1. The summed E-state index contributed by atoms with van der Waals surface area (Å²) in [7, 11) is 0. The number of amides is 1. The number of para-hydroxylation sites is 2. The van der Waals surface area contributed by atoms with E-state index in [4.69, 9.17) is 9.47 Å². The number of benzene rings is 1. The zero-order chi connectivity index (χ0) is 11.7. The quantitative estimate of drug-likeness (QED) is 0.857. The summed E-state index contributed by atoms with van der Waals surface area (Å²) in [5, 5.41) is 2.90. The molecule has 1 aromatic carbocycles. The van der Waals surface area contributed by atoms with Crippen LogP contribution in [0.1, 0.15) is 12.8 Å². The van der Waals surface area contributed by atoms with Crippen LogP contribution in [0.3, 0.4) is 0 Å². The summed E-state index contributed by atoms with van der Waals surface area (Å²) in [6.45, 7) is 1.01. The molecule has 1 saturated carbocycles. The lowest BCUT2D eigenvalue weighted by atomic mass is 10.2. The fourth-order valence-electron chi connectivity index (χ4n) is 1.87. The van der Waals surface area contributed by atoms with E-state index in [1.54, 1.807) is 0 Å². The third-order valence-corrected chi connectivity index (χ3v) is 3.02. The highest BCUT2D eigenvalue weighted by atomic mass is 16.6. The van der Waals surface area contributed by atoms with Gasteiger partial charge >= 0.3 is 0 Å². The first-order chi connectivity index (χ1) is 8.33. The minimum atomic E-state index is -0.0902. The van der Waals surface area contributed by atoms with Gasteiger partial charge in [-0.3, -0.25) is 4.79 Å². The van der Waals surface area contributed by atoms with Gasteiger partial charge in [0.15, 0.2) is 11.5 Å². The van der Waals surface area contributed by atoms with Crippen molar-refractivity contribution in [2.45, 2.75) is 18.9 Å². The molecule has 1 amide bonds. The molecule has 17 heavy (non-hydrogen) atoms. The van der Waals surface area contributed by atoms with Gasteiger partial charge in [0.2, 0.25) is 5.91 Å². The first kappa shape index (κ1) is 10.4. The van der Waals surface area contributed by atoms with Crippen molar-refractivity contribution in [3.8, 4) is 11.5 Å². The Balaban J connectivity index is 1.55. The topological polar surface area (TPSA) is 47.6 Å². The third-order valence-electron chi connectivity index (χ3n) is 3.02. The molecule has 0 bridgehead atoms. The molecule has 1 aliphatic heterocycles. The molecule has 0 spiro atoms. The molecule has 2 aliphatic rings. The summed E-state index contributed by atoms with van der Waals surface area (Å²) < 4.78 is 11.3. The molecule has 1 heterocycles. The van der Waals surface area contributed by atoms with Crippen LogP contribution in [-0.2, 0) is 4.79 Å². The van der Waals surface area contributed by atoms with Crippen LogP contribution in [0.15, 0.2) is 24.3 Å². The van der Waals surface area contributed by atoms with Crippen LogP contribution >= 0.6 is 0 Å². The summed E-state index contributed by atoms with van der Waals surface area (Å²) in [4.78, 5) is 11.5. The van der Waals surface area contributed by atoms with Gasteiger partial charge < -0.3 is 14.8 Å². The Morgan fingerprint density at radius 1 is 1.29 bits per heavy atom. The largest absolute Gasteiger partial charge is 0.486 e. The average Bonchev–Trinajstić information content (AvgIpc) is 3.20. The lowest BCUT2D eigenvalue weighted by molar-refractivity contribution is -0.122. The van der Waals surface area contributed by atoms with Crippen molar-refractivity contribution >= 4 is 5.91 Å². The van der Waals surface area contributed by atoms with Gasteiger partial charge in [-0.2, -0.15) is 0 Å². The Kier molecular flexibility index (Phi) is 2.63. The molecule has 0 aromatic heterocycles. The SMILES string of the molecule is O=C(NC[C@@H]1COc2ccccc2O1)C1CC1. The van der Waals surface area contributed by atoms with E-state index in [1.165, 1.54) is 0 Å². The second kappa shape index (κ2) is 4.28. The van der Waals surface area contributed by atoms with Crippen LogP contribution in [0.25, 0.3) is 0 Å². The molecule has 4 nitrogen and oxygen atoms in total. The van der Waals surface area contributed by atoms with Crippen molar-refractivity contribution in [3.63, 3.8) is 0 Å². The minimum Gasteiger partial charge on any atom is -0.486 e. The van der Waals surface area contributed by atoms with Gasteiger partial charge in [0, 0.05) is 5.92 Å². The summed E-state index contributed by atoms with van der Waals surface area (Å²) >= 11 is 0. The first-order valence-corrected chi connectivity index (χ1v) is 5.99. The maximum atomic E-state index is 11.5. The van der Waals surface area contributed by atoms with E-state index in [9.17, 15) is 4.79 Å². The lowest BCUT2D eigenvalue weighted by Crippen LogP contribution is -2.41. The molecule has 90 valence electrons. The Morgan fingerprint density at radius 3 is 2.82 bits per heavy atom. The highest BCUT2D eigenvalue weighted by molar-refractivity contribution is 5.80.